The van der Waals surface area contributed by atoms with Gasteiger partial charge in [-0.3, -0.25) is 4.79 Å². The number of nitrogens with one attached hydrogen (secondary N) is 1. The zero-order valence-corrected chi connectivity index (χ0v) is 22.8. The van der Waals surface area contributed by atoms with E-state index >= 15 is 0 Å². The second kappa shape index (κ2) is 12.1. The predicted molar refractivity (Wildman–Crippen MR) is 142 cm³/mol. The molecule has 3 aromatic rings. The third-order valence-corrected chi connectivity index (χ3v) is 7.00. The summed E-state index contributed by atoms with van der Waals surface area (Å²) in [5.41, 5.74) is -5.38. The zero-order valence-electron chi connectivity index (χ0n) is 22.8. The van der Waals surface area contributed by atoms with E-state index < -0.39 is 52.1 Å². The van der Waals surface area contributed by atoms with Crippen molar-refractivity contribution in [2.24, 2.45) is 0 Å². The van der Waals surface area contributed by atoms with Gasteiger partial charge in [0.1, 0.15) is 11.6 Å². The maximum absolute atomic E-state index is 14.9. The Morgan fingerprint density at radius 1 is 0.791 bits per heavy atom. The van der Waals surface area contributed by atoms with Crippen LogP contribution in [0.25, 0.3) is 0 Å². The van der Waals surface area contributed by atoms with Crippen LogP contribution in [0.2, 0.25) is 0 Å². The SMILES string of the molecule is COc1ccc(C(CC2=CCCC=C2)(NC(=O)c2ccc(F)c(C(F)(F)F)c2)c2cc(F)cc(C(F)(F)F)c2)cc1OC. The van der Waals surface area contributed by atoms with Crippen molar-refractivity contribution in [2.45, 2.75) is 37.2 Å². The lowest BCUT2D eigenvalue weighted by Gasteiger charge is -2.38. The van der Waals surface area contributed by atoms with Crippen molar-refractivity contribution in [3.05, 3.63) is 118 Å². The van der Waals surface area contributed by atoms with Crippen LogP contribution in [0.5, 0.6) is 11.5 Å². The number of benzene rings is 3. The minimum atomic E-state index is -5.14. The lowest BCUT2D eigenvalue weighted by molar-refractivity contribution is -0.140. The van der Waals surface area contributed by atoms with E-state index in [9.17, 15) is 39.9 Å². The average Bonchev–Trinajstić information content (AvgIpc) is 2.95. The van der Waals surface area contributed by atoms with E-state index in [4.69, 9.17) is 9.47 Å². The fourth-order valence-electron chi connectivity index (χ4n) is 4.92. The predicted octanol–water partition coefficient (Wildman–Crippen LogP) is 8.36. The number of carbonyl (C=O) groups is 1. The molecule has 0 bridgehead atoms. The average molecular weight is 612 g/mol. The minimum Gasteiger partial charge on any atom is -0.493 e. The van der Waals surface area contributed by atoms with Gasteiger partial charge in [0.15, 0.2) is 11.5 Å². The first-order valence-corrected chi connectivity index (χ1v) is 12.8. The second-order valence-corrected chi connectivity index (χ2v) is 9.78. The van der Waals surface area contributed by atoms with Crippen molar-refractivity contribution in [1.29, 1.82) is 0 Å². The maximum atomic E-state index is 14.9. The van der Waals surface area contributed by atoms with Crippen LogP contribution in [0.3, 0.4) is 0 Å². The highest BCUT2D eigenvalue weighted by atomic mass is 19.4. The molecular formula is C31H25F8NO3. The number of hydrogen-bond acceptors (Lipinski definition) is 3. The van der Waals surface area contributed by atoms with Gasteiger partial charge in [-0.15, -0.1) is 0 Å². The highest BCUT2D eigenvalue weighted by Gasteiger charge is 2.41. The first-order valence-electron chi connectivity index (χ1n) is 12.8. The van der Waals surface area contributed by atoms with E-state index in [0.717, 1.165) is 12.1 Å². The van der Waals surface area contributed by atoms with Gasteiger partial charge < -0.3 is 14.8 Å². The van der Waals surface area contributed by atoms with Crippen LogP contribution >= 0.6 is 0 Å². The third kappa shape index (κ3) is 6.84. The van der Waals surface area contributed by atoms with E-state index in [1.165, 1.54) is 32.4 Å². The topological polar surface area (TPSA) is 47.6 Å². The molecule has 0 radical (unpaired) electrons. The summed E-state index contributed by atoms with van der Waals surface area (Å²) in [4.78, 5) is 13.7. The summed E-state index contributed by atoms with van der Waals surface area (Å²) < 4.78 is 122. The van der Waals surface area contributed by atoms with Crippen LogP contribution in [0.4, 0.5) is 35.1 Å². The molecule has 3 aromatic carbocycles. The summed E-state index contributed by atoms with van der Waals surface area (Å²) in [5, 5.41) is 2.59. The van der Waals surface area contributed by atoms with Gasteiger partial charge in [0.2, 0.25) is 0 Å². The number of hydrogen-bond donors (Lipinski definition) is 1. The zero-order chi connectivity index (χ0) is 31.6. The molecule has 4 nitrogen and oxygen atoms in total. The number of halogens is 8. The molecule has 228 valence electrons. The highest BCUT2D eigenvalue weighted by molar-refractivity contribution is 5.95. The second-order valence-electron chi connectivity index (χ2n) is 9.78. The number of methoxy groups -OCH3 is 2. The molecule has 0 heterocycles. The summed E-state index contributed by atoms with van der Waals surface area (Å²) in [5.74, 6) is -3.73. The first-order chi connectivity index (χ1) is 20.2. The molecule has 0 spiro atoms. The van der Waals surface area contributed by atoms with Crippen LogP contribution in [0.1, 0.15) is 51.9 Å². The van der Waals surface area contributed by atoms with Gasteiger partial charge in [0.05, 0.1) is 30.9 Å². The lowest BCUT2D eigenvalue weighted by Crippen LogP contribution is -2.47. The van der Waals surface area contributed by atoms with Crippen molar-refractivity contribution in [1.82, 2.24) is 5.32 Å². The van der Waals surface area contributed by atoms with Crippen molar-refractivity contribution >= 4 is 5.91 Å². The summed E-state index contributed by atoms with van der Waals surface area (Å²) in [6.45, 7) is 0. The van der Waals surface area contributed by atoms with Gasteiger partial charge in [-0.25, -0.2) is 8.78 Å². The Hall–Kier alpha value is -4.35. The van der Waals surface area contributed by atoms with Crippen molar-refractivity contribution < 1.29 is 49.4 Å². The summed E-state index contributed by atoms with van der Waals surface area (Å²) in [6.07, 6.45) is -3.84. The van der Waals surface area contributed by atoms with E-state index in [2.05, 4.69) is 5.32 Å². The Bertz CT molecular complexity index is 1580. The molecule has 1 amide bonds. The molecular weight excluding hydrogens is 586 g/mol. The number of carbonyl (C=O) groups excluding carboxylic acids is 1. The third-order valence-electron chi connectivity index (χ3n) is 7.00. The van der Waals surface area contributed by atoms with Crippen LogP contribution in [-0.4, -0.2) is 20.1 Å². The Kier molecular flexibility index (Phi) is 8.89. The van der Waals surface area contributed by atoms with Crippen LogP contribution < -0.4 is 14.8 Å². The molecule has 0 aliphatic heterocycles. The summed E-state index contributed by atoms with van der Waals surface area (Å²) in [7, 11) is 2.65. The summed E-state index contributed by atoms with van der Waals surface area (Å²) >= 11 is 0. The highest BCUT2D eigenvalue weighted by Crippen LogP contribution is 2.43. The summed E-state index contributed by atoms with van der Waals surface area (Å²) in [6, 6.07) is 7.55. The van der Waals surface area contributed by atoms with Gasteiger partial charge in [-0.1, -0.05) is 24.3 Å². The Morgan fingerprint density at radius 3 is 2.09 bits per heavy atom. The van der Waals surface area contributed by atoms with E-state index in [-0.39, 0.29) is 29.0 Å². The molecule has 1 aliphatic carbocycles. The van der Waals surface area contributed by atoms with Crippen molar-refractivity contribution in [3.8, 4) is 11.5 Å². The van der Waals surface area contributed by atoms with Gasteiger partial charge >= 0.3 is 12.4 Å². The van der Waals surface area contributed by atoms with E-state index in [0.29, 0.717) is 42.7 Å². The first kappa shape index (κ1) is 31.6. The van der Waals surface area contributed by atoms with E-state index in [1.54, 1.807) is 18.2 Å². The smallest absolute Gasteiger partial charge is 0.419 e. The number of ether oxygens (including phenoxy) is 2. The Morgan fingerprint density at radius 2 is 1.49 bits per heavy atom. The minimum absolute atomic E-state index is 0.107. The van der Waals surface area contributed by atoms with Crippen LogP contribution in [0.15, 0.2) is 78.4 Å². The molecule has 0 aromatic heterocycles. The fourth-order valence-corrected chi connectivity index (χ4v) is 4.92. The van der Waals surface area contributed by atoms with Gasteiger partial charge in [0, 0.05) is 12.0 Å². The van der Waals surface area contributed by atoms with Crippen LogP contribution in [-0.2, 0) is 17.9 Å². The normalized spacial score (nSPS) is 15.0. The maximum Gasteiger partial charge on any atom is 0.419 e. The standard InChI is InChI=1S/C31H25F8NO3/c1-42-26-11-9-20(16-27(26)43-2)29(17-18-6-4-3-5-7-18,21-13-22(30(34,35)36)15-23(32)14-21)40-28(41)19-8-10-25(33)24(12-19)31(37,38)39/h4,6-16H,3,5,17H2,1-2H3,(H,40,41). The number of alkyl halides is 6. The fraction of sp³-hybridized carbons (Fsp3) is 0.258. The Balaban J connectivity index is 2.02. The molecule has 43 heavy (non-hydrogen) atoms. The van der Waals surface area contributed by atoms with Gasteiger partial charge in [0.25, 0.3) is 5.91 Å². The molecule has 1 N–H and O–H groups in total. The van der Waals surface area contributed by atoms with Gasteiger partial charge in [-0.2, -0.15) is 26.3 Å². The number of amides is 1. The molecule has 12 heteroatoms. The largest absolute Gasteiger partial charge is 0.493 e. The number of rotatable bonds is 8. The van der Waals surface area contributed by atoms with Gasteiger partial charge in [-0.05, 0) is 78.1 Å². The van der Waals surface area contributed by atoms with Crippen molar-refractivity contribution in [3.63, 3.8) is 0 Å². The Labute approximate surface area is 241 Å². The molecule has 1 atom stereocenters. The molecule has 4 rings (SSSR count). The molecule has 0 fully saturated rings. The molecule has 0 saturated carbocycles. The van der Waals surface area contributed by atoms with E-state index in [1.807, 2.05) is 0 Å². The monoisotopic (exact) mass is 611 g/mol. The molecule has 1 unspecified atom stereocenters. The number of allylic oxidation sites excluding steroid dienone is 3. The van der Waals surface area contributed by atoms with Crippen molar-refractivity contribution in [2.75, 3.05) is 14.2 Å². The van der Waals surface area contributed by atoms with Crippen LogP contribution in [0, 0.1) is 11.6 Å². The molecule has 1 aliphatic rings. The molecule has 0 saturated heterocycles. The quantitative estimate of drug-likeness (QED) is 0.261. The lowest BCUT2D eigenvalue weighted by atomic mass is 9.76.